The zero-order valence-corrected chi connectivity index (χ0v) is 11.5. The number of likely N-dealkylation sites (tertiary alicyclic amines) is 1. The smallest absolute Gasteiger partial charge is 0.323 e. The summed E-state index contributed by atoms with van der Waals surface area (Å²) >= 11 is 0. The summed E-state index contributed by atoms with van der Waals surface area (Å²) in [6.45, 7) is 5.70. The average molecular weight is 257 g/mol. The molecule has 0 aliphatic carbocycles. The van der Waals surface area contributed by atoms with Gasteiger partial charge in [0.05, 0.1) is 19.6 Å². The Balaban J connectivity index is 2.49. The molecule has 5 nitrogen and oxygen atoms in total. The van der Waals surface area contributed by atoms with Gasteiger partial charge in [-0.3, -0.25) is 14.5 Å². The van der Waals surface area contributed by atoms with Crippen molar-refractivity contribution < 1.29 is 19.1 Å². The summed E-state index contributed by atoms with van der Waals surface area (Å²) in [5.74, 6) is -0.318. The average Bonchev–Trinajstić information content (AvgIpc) is 2.40. The Morgan fingerprint density at radius 1 is 1.28 bits per heavy atom. The van der Waals surface area contributed by atoms with E-state index >= 15 is 0 Å². The van der Waals surface area contributed by atoms with Gasteiger partial charge in [0.1, 0.15) is 6.04 Å². The minimum absolute atomic E-state index is 0.0223. The van der Waals surface area contributed by atoms with Gasteiger partial charge in [-0.1, -0.05) is 6.92 Å². The third-order valence-corrected chi connectivity index (χ3v) is 3.45. The lowest BCUT2D eigenvalue weighted by Gasteiger charge is -2.34. The summed E-state index contributed by atoms with van der Waals surface area (Å²) in [6, 6.07) is -0.177. The number of nitrogens with zero attached hydrogens (tertiary/aromatic N) is 1. The molecule has 0 aromatic carbocycles. The van der Waals surface area contributed by atoms with Crippen LogP contribution in [0, 0.1) is 5.92 Å². The van der Waals surface area contributed by atoms with Gasteiger partial charge in [-0.25, -0.2) is 0 Å². The van der Waals surface area contributed by atoms with E-state index in [0.717, 1.165) is 32.4 Å². The molecule has 1 atom stereocenters. The SMILES string of the molecule is CCOC(=O)C(CC)N1CCC(C(=O)OC)CC1. The van der Waals surface area contributed by atoms with Crippen molar-refractivity contribution in [2.75, 3.05) is 26.8 Å². The Hall–Kier alpha value is -1.10. The van der Waals surface area contributed by atoms with E-state index in [0.29, 0.717) is 6.61 Å². The molecule has 0 N–H and O–H groups in total. The Labute approximate surface area is 108 Å². The monoisotopic (exact) mass is 257 g/mol. The van der Waals surface area contributed by atoms with Gasteiger partial charge in [-0.15, -0.1) is 0 Å². The fraction of sp³-hybridized carbons (Fsp3) is 0.846. The van der Waals surface area contributed by atoms with Crippen molar-refractivity contribution in [1.82, 2.24) is 4.90 Å². The maximum Gasteiger partial charge on any atom is 0.323 e. The Morgan fingerprint density at radius 2 is 1.89 bits per heavy atom. The number of hydrogen-bond donors (Lipinski definition) is 0. The van der Waals surface area contributed by atoms with Crippen LogP contribution in [0.5, 0.6) is 0 Å². The van der Waals surface area contributed by atoms with Crippen molar-refractivity contribution >= 4 is 11.9 Å². The second kappa shape index (κ2) is 7.36. The topological polar surface area (TPSA) is 55.8 Å². The van der Waals surface area contributed by atoms with E-state index in [1.54, 1.807) is 0 Å². The molecule has 1 fully saturated rings. The minimum Gasteiger partial charge on any atom is -0.469 e. The lowest BCUT2D eigenvalue weighted by atomic mass is 9.95. The molecule has 0 spiro atoms. The van der Waals surface area contributed by atoms with Gasteiger partial charge in [0.25, 0.3) is 0 Å². The summed E-state index contributed by atoms with van der Waals surface area (Å²) in [6.07, 6.45) is 2.24. The summed E-state index contributed by atoms with van der Waals surface area (Å²) in [5.41, 5.74) is 0. The number of ether oxygens (including phenoxy) is 2. The van der Waals surface area contributed by atoms with Gasteiger partial charge in [0, 0.05) is 0 Å². The highest BCUT2D eigenvalue weighted by atomic mass is 16.5. The minimum atomic E-state index is -0.177. The number of carbonyl (C=O) groups excluding carboxylic acids is 2. The first-order valence-corrected chi connectivity index (χ1v) is 6.62. The van der Waals surface area contributed by atoms with E-state index in [1.165, 1.54) is 7.11 Å². The maximum atomic E-state index is 11.8. The molecule has 18 heavy (non-hydrogen) atoms. The lowest BCUT2D eigenvalue weighted by molar-refractivity contribution is -0.151. The van der Waals surface area contributed by atoms with Gasteiger partial charge >= 0.3 is 11.9 Å². The predicted molar refractivity (Wildman–Crippen MR) is 67.0 cm³/mol. The van der Waals surface area contributed by atoms with Crippen LogP contribution in [0.1, 0.15) is 33.1 Å². The predicted octanol–water partition coefficient (Wildman–Crippen LogP) is 1.21. The van der Waals surface area contributed by atoms with E-state index in [9.17, 15) is 9.59 Å². The summed E-state index contributed by atoms with van der Waals surface area (Å²) in [4.78, 5) is 25.3. The molecule has 5 heteroatoms. The highest BCUT2D eigenvalue weighted by Gasteiger charge is 2.32. The van der Waals surface area contributed by atoms with Gasteiger partial charge < -0.3 is 9.47 Å². The summed E-state index contributed by atoms with van der Waals surface area (Å²) in [5, 5.41) is 0. The molecule has 1 aliphatic heterocycles. The first kappa shape index (κ1) is 15.0. The highest BCUT2D eigenvalue weighted by Crippen LogP contribution is 2.21. The lowest BCUT2D eigenvalue weighted by Crippen LogP contribution is -2.47. The third kappa shape index (κ3) is 3.70. The molecule has 0 saturated carbocycles. The molecule has 1 aliphatic rings. The largest absolute Gasteiger partial charge is 0.469 e. The molecule has 0 radical (unpaired) electrons. The molecule has 0 aromatic rings. The van der Waals surface area contributed by atoms with Crippen LogP contribution in [0.25, 0.3) is 0 Å². The van der Waals surface area contributed by atoms with Gasteiger partial charge in [0.15, 0.2) is 0 Å². The summed E-state index contributed by atoms with van der Waals surface area (Å²) in [7, 11) is 1.42. The second-order valence-electron chi connectivity index (χ2n) is 4.51. The standard InChI is InChI=1S/C13H23NO4/c1-4-11(13(16)18-5-2)14-8-6-10(7-9-14)12(15)17-3/h10-11H,4-9H2,1-3H3. The molecule has 104 valence electrons. The Bertz CT molecular complexity index is 285. The van der Waals surface area contributed by atoms with Crippen molar-refractivity contribution in [1.29, 1.82) is 0 Å². The quantitative estimate of drug-likeness (QED) is 0.693. The zero-order valence-electron chi connectivity index (χ0n) is 11.5. The number of carbonyl (C=O) groups is 2. The van der Waals surface area contributed by atoms with E-state index in [4.69, 9.17) is 9.47 Å². The van der Waals surface area contributed by atoms with Crippen LogP contribution in [-0.2, 0) is 19.1 Å². The van der Waals surface area contributed by atoms with Gasteiger partial charge in [-0.05, 0) is 39.3 Å². The summed E-state index contributed by atoms with van der Waals surface area (Å²) < 4.78 is 9.82. The second-order valence-corrected chi connectivity index (χ2v) is 4.51. The van der Waals surface area contributed by atoms with Crippen LogP contribution in [-0.4, -0.2) is 49.7 Å². The molecular formula is C13H23NO4. The Morgan fingerprint density at radius 3 is 2.33 bits per heavy atom. The van der Waals surface area contributed by atoms with Crippen molar-refractivity contribution in [2.24, 2.45) is 5.92 Å². The van der Waals surface area contributed by atoms with E-state index < -0.39 is 0 Å². The van der Waals surface area contributed by atoms with Crippen LogP contribution in [0.4, 0.5) is 0 Å². The molecule has 1 heterocycles. The van der Waals surface area contributed by atoms with Crippen molar-refractivity contribution in [3.05, 3.63) is 0 Å². The third-order valence-electron chi connectivity index (χ3n) is 3.45. The first-order chi connectivity index (χ1) is 8.63. The fourth-order valence-corrected chi connectivity index (χ4v) is 2.43. The van der Waals surface area contributed by atoms with Gasteiger partial charge in [0.2, 0.25) is 0 Å². The highest BCUT2D eigenvalue weighted by molar-refractivity contribution is 5.76. The molecule has 1 rings (SSSR count). The van der Waals surface area contributed by atoms with Crippen LogP contribution < -0.4 is 0 Å². The number of rotatable bonds is 5. The number of piperidine rings is 1. The molecule has 0 aromatic heterocycles. The van der Waals surface area contributed by atoms with Crippen LogP contribution in [0.3, 0.4) is 0 Å². The van der Waals surface area contributed by atoms with Crippen LogP contribution in [0.2, 0.25) is 0 Å². The van der Waals surface area contributed by atoms with Crippen molar-refractivity contribution in [3.63, 3.8) is 0 Å². The Kier molecular flexibility index (Phi) is 6.12. The molecule has 0 bridgehead atoms. The molecule has 0 amide bonds. The maximum absolute atomic E-state index is 11.8. The molecule has 1 saturated heterocycles. The first-order valence-electron chi connectivity index (χ1n) is 6.62. The van der Waals surface area contributed by atoms with Crippen LogP contribution >= 0.6 is 0 Å². The fourth-order valence-electron chi connectivity index (χ4n) is 2.43. The number of hydrogen-bond acceptors (Lipinski definition) is 5. The molecule has 1 unspecified atom stereocenters. The van der Waals surface area contributed by atoms with Crippen LogP contribution in [0.15, 0.2) is 0 Å². The number of methoxy groups -OCH3 is 1. The van der Waals surface area contributed by atoms with Gasteiger partial charge in [-0.2, -0.15) is 0 Å². The van der Waals surface area contributed by atoms with Crippen molar-refractivity contribution in [2.45, 2.75) is 39.2 Å². The van der Waals surface area contributed by atoms with Crippen molar-refractivity contribution in [3.8, 4) is 0 Å². The number of esters is 2. The van der Waals surface area contributed by atoms with E-state index in [-0.39, 0.29) is 23.9 Å². The van der Waals surface area contributed by atoms with E-state index in [1.807, 2.05) is 13.8 Å². The van der Waals surface area contributed by atoms with E-state index in [2.05, 4.69) is 4.90 Å². The normalized spacial score (nSPS) is 19.3. The zero-order chi connectivity index (χ0) is 13.5. The molecular weight excluding hydrogens is 234 g/mol.